The first-order valence-electron chi connectivity index (χ1n) is 8.80. The van der Waals surface area contributed by atoms with Crippen molar-refractivity contribution in [3.63, 3.8) is 0 Å². The van der Waals surface area contributed by atoms with Gasteiger partial charge in [-0.15, -0.1) is 0 Å². The Balaban J connectivity index is 1.36. The maximum atomic E-state index is 13.0. The van der Waals surface area contributed by atoms with E-state index in [1.165, 1.54) is 18.6 Å². The fourth-order valence-electron chi connectivity index (χ4n) is 3.93. The molecule has 1 unspecified atom stereocenters. The molecule has 2 aliphatic rings. The van der Waals surface area contributed by atoms with Gasteiger partial charge in [-0.05, 0) is 48.8 Å². The largest absolute Gasteiger partial charge is 0.381 e. The van der Waals surface area contributed by atoms with Crippen LogP contribution in [0.15, 0.2) is 36.7 Å². The first-order chi connectivity index (χ1) is 12.1. The van der Waals surface area contributed by atoms with Crippen LogP contribution in [0.3, 0.4) is 0 Å². The van der Waals surface area contributed by atoms with E-state index >= 15 is 0 Å². The van der Waals surface area contributed by atoms with Crippen LogP contribution in [0.25, 0.3) is 11.1 Å². The first-order valence-corrected chi connectivity index (χ1v) is 8.80. The van der Waals surface area contributed by atoms with Crippen LogP contribution in [0, 0.1) is 11.2 Å². The van der Waals surface area contributed by atoms with E-state index in [2.05, 4.69) is 10.4 Å². The molecule has 1 amide bonds. The molecule has 5 nitrogen and oxygen atoms in total. The number of carbonyl (C=O) groups excluding carboxylic acids is 1. The monoisotopic (exact) mass is 343 g/mol. The van der Waals surface area contributed by atoms with Crippen molar-refractivity contribution in [3.8, 4) is 11.1 Å². The van der Waals surface area contributed by atoms with Gasteiger partial charge in [-0.1, -0.05) is 12.1 Å². The van der Waals surface area contributed by atoms with Crippen molar-refractivity contribution in [2.24, 2.45) is 5.41 Å². The van der Waals surface area contributed by atoms with Gasteiger partial charge in [0.15, 0.2) is 0 Å². The highest BCUT2D eigenvalue weighted by molar-refractivity contribution is 5.76. The van der Waals surface area contributed by atoms with Crippen LogP contribution in [0.1, 0.15) is 25.7 Å². The van der Waals surface area contributed by atoms with E-state index in [1.54, 1.807) is 23.0 Å². The van der Waals surface area contributed by atoms with Gasteiger partial charge in [0.1, 0.15) is 12.4 Å². The zero-order valence-electron chi connectivity index (χ0n) is 14.1. The summed E-state index contributed by atoms with van der Waals surface area (Å²) < 4.78 is 20.1. The number of halogens is 1. The van der Waals surface area contributed by atoms with Crippen LogP contribution in [0.2, 0.25) is 0 Å². The second kappa shape index (κ2) is 6.59. The summed E-state index contributed by atoms with van der Waals surface area (Å²) in [6.45, 7) is 1.80. The Bertz CT molecular complexity index is 750. The van der Waals surface area contributed by atoms with E-state index in [0.717, 1.165) is 43.6 Å². The molecule has 2 aromatic rings. The standard InChI is InChI=1S/C19H22FN3O2/c20-16-3-1-14(2-4-16)15-11-21-23(12-15)13-18(24)22-17-5-6-19(17)7-9-25-10-8-19/h1-4,11-12,17H,5-10,13H2,(H,22,24). The average molecular weight is 343 g/mol. The predicted octanol–water partition coefficient (Wildman–Crippen LogP) is 2.76. The van der Waals surface area contributed by atoms with E-state index < -0.39 is 0 Å². The third kappa shape index (κ3) is 3.31. The number of hydrogen-bond acceptors (Lipinski definition) is 3. The Morgan fingerprint density at radius 2 is 2.00 bits per heavy atom. The molecule has 132 valence electrons. The number of amides is 1. The summed E-state index contributed by atoms with van der Waals surface area (Å²) >= 11 is 0. The molecule has 1 atom stereocenters. The summed E-state index contributed by atoms with van der Waals surface area (Å²) in [7, 11) is 0. The first kappa shape index (κ1) is 16.3. The normalized spacial score (nSPS) is 21.7. The molecule has 1 aliphatic heterocycles. The van der Waals surface area contributed by atoms with Crippen molar-refractivity contribution in [2.45, 2.75) is 38.3 Å². The second-order valence-corrected chi connectivity index (χ2v) is 7.07. The lowest BCUT2D eigenvalue weighted by Crippen LogP contribution is -2.57. The highest BCUT2D eigenvalue weighted by Crippen LogP contribution is 2.48. The van der Waals surface area contributed by atoms with Crippen molar-refractivity contribution in [2.75, 3.05) is 13.2 Å². The molecule has 1 saturated carbocycles. The third-order valence-corrected chi connectivity index (χ3v) is 5.61. The van der Waals surface area contributed by atoms with Crippen LogP contribution in [-0.2, 0) is 16.1 Å². The van der Waals surface area contributed by atoms with Crippen LogP contribution < -0.4 is 5.32 Å². The van der Waals surface area contributed by atoms with Gasteiger partial charge >= 0.3 is 0 Å². The van der Waals surface area contributed by atoms with Gasteiger partial charge in [0.2, 0.25) is 5.91 Å². The Kier molecular flexibility index (Phi) is 4.29. The predicted molar refractivity (Wildman–Crippen MR) is 91.3 cm³/mol. The molecule has 0 bridgehead atoms. The van der Waals surface area contributed by atoms with Gasteiger partial charge in [-0.2, -0.15) is 5.10 Å². The lowest BCUT2D eigenvalue weighted by molar-refractivity contribution is -0.127. The topological polar surface area (TPSA) is 56.2 Å². The highest BCUT2D eigenvalue weighted by Gasteiger charge is 2.47. The molecule has 1 aromatic heterocycles. The summed E-state index contributed by atoms with van der Waals surface area (Å²) in [6.07, 6.45) is 7.81. The van der Waals surface area contributed by atoms with Crippen molar-refractivity contribution in [3.05, 3.63) is 42.5 Å². The fraction of sp³-hybridized carbons (Fsp3) is 0.474. The highest BCUT2D eigenvalue weighted by atomic mass is 19.1. The molecule has 1 aromatic carbocycles. The van der Waals surface area contributed by atoms with E-state index in [0.29, 0.717) is 0 Å². The van der Waals surface area contributed by atoms with Gasteiger partial charge in [-0.3, -0.25) is 9.48 Å². The molecule has 25 heavy (non-hydrogen) atoms. The van der Waals surface area contributed by atoms with E-state index in [9.17, 15) is 9.18 Å². The number of nitrogens with zero attached hydrogens (tertiary/aromatic N) is 2. The molecule has 1 saturated heterocycles. The molecule has 1 spiro atoms. The number of rotatable bonds is 4. The van der Waals surface area contributed by atoms with Crippen LogP contribution in [-0.4, -0.2) is 34.9 Å². The van der Waals surface area contributed by atoms with Crippen LogP contribution in [0.5, 0.6) is 0 Å². The zero-order valence-corrected chi connectivity index (χ0v) is 14.1. The molecular weight excluding hydrogens is 321 g/mol. The smallest absolute Gasteiger partial charge is 0.241 e. The fourth-order valence-corrected chi connectivity index (χ4v) is 3.93. The zero-order chi connectivity index (χ0) is 17.3. The number of aromatic nitrogens is 2. The molecule has 1 aliphatic carbocycles. The average Bonchev–Trinajstić information content (AvgIpc) is 3.08. The Labute approximate surface area is 146 Å². The maximum absolute atomic E-state index is 13.0. The summed E-state index contributed by atoms with van der Waals surface area (Å²) in [5, 5.41) is 7.43. The molecule has 2 fully saturated rings. The molecule has 1 N–H and O–H groups in total. The lowest BCUT2D eigenvalue weighted by Gasteiger charge is -2.52. The molecule has 4 rings (SSSR count). The molecular formula is C19H22FN3O2. The van der Waals surface area contributed by atoms with Crippen LogP contribution in [0.4, 0.5) is 4.39 Å². The Morgan fingerprint density at radius 1 is 1.24 bits per heavy atom. The second-order valence-electron chi connectivity index (χ2n) is 7.07. The third-order valence-electron chi connectivity index (χ3n) is 5.61. The van der Waals surface area contributed by atoms with E-state index in [4.69, 9.17) is 4.74 Å². The van der Waals surface area contributed by atoms with E-state index in [1.807, 2.05) is 6.20 Å². The van der Waals surface area contributed by atoms with Crippen molar-refractivity contribution < 1.29 is 13.9 Å². The van der Waals surface area contributed by atoms with Gasteiger partial charge in [0.05, 0.1) is 6.20 Å². The number of carbonyl (C=O) groups is 1. The van der Waals surface area contributed by atoms with E-state index in [-0.39, 0.29) is 29.7 Å². The number of ether oxygens (including phenoxy) is 1. The van der Waals surface area contributed by atoms with Gasteiger partial charge in [0, 0.05) is 31.0 Å². The minimum absolute atomic E-state index is 0.00989. The quantitative estimate of drug-likeness (QED) is 0.929. The summed E-state index contributed by atoms with van der Waals surface area (Å²) in [5.74, 6) is -0.276. The minimum atomic E-state index is -0.266. The summed E-state index contributed by atoms with van der Waals surface area (Å²) in [4.78, 5) is 12.4. The van der Waals surface area contributed by atoms with Crippen molar-refractivity contribution in [1.29, 1.82) is 0 Å². The van der Waals surface area contributed by atoms with Gasteiger partial charge in [0.25, 0.3) is 0 Å². The molecule has 6 heteroatoms. The Hall–Kier alpha value is -2.21. The lowest BCUT2D eigenvalue weighted by atomic mass is 9.60. The van der Waals surface area contributed by atoms with Crippen molar-refractivity contribution >= 4 is 5.91 Å². The van der Waals surface area contributed by atoms with Crippen LogP contribution >= 0.6 is 0 Å². The summed E-state index contributed by atoms with van der Waals surface area (Å²) in [6, 6.07) is 6.52. The minimum Gasteiger partial charge on any atom is -0.381 e. The number of hydrogen-bond donors (Lipinski definition) is 1. The van der Waals surface area contributed by atoms with Gasteiger partial charge < -0.3 is 10.1 Å². The van der Waals surface area contributed by atoms with Crippen molar-refractivity contribution in [1.82, 2.24) is 15.1 Å². The Morgan fingerprint density at radius 3 is 2.68 bits per heavy atom. The van der Waals surface area contributed by atoms with Gasteiger partial charge in [-0.25, -0.2) is 4.39 Å². The maximum Gasteiger partial charge on any atom is 0.241 e. The SMILES string of the molecule is O=C(Cn1cc(-c2ccc(F)cc2)cn1)NC1CCC12CCOCC2. The summed E-state index contributed by atoms with van der Waals surface area (Å²) in [5.41, 5.74) is 2.00. The number of nitrogens with one attached hydrogen (secondary N) is 1. The number of benzene rings is 1. The molecule has 0 radical (unpaired) electrons. The molecule has 2 heterocycles.